The van der Waals surface area contributed by atoms with Crippen molar-refractivity contribution in [1.82, 2.24) is 0 Å². The lowest BCUT2D eigenvalue weighted by Gasteiger charge is -2.13. The van der Waals surface area contributed by atoms with Gasteiger partial charge in [0.15, 0.2) is 0 Å². The van der Waals surface area contributed by atoms with E-state index in [-0.39, 0.29) is 18.1 Å². The number of aliphatic hydroxyl groups excluding tert-OH is 1. The van der Waals surface area contributed by atoms with E-state index in [1.165, 1.54) is 6.42 Å². The molecule has 5 nitrogen and oxygen atoms in total. The molecule has 1 aliphatic heterocycles. The summed E-state index contributed by atoms with van der Waals surface area (Å²) in [5.41, 5.74) is 0.850. The smallest absolute Gasteiger partial charge is 0.379 e. The van der Waals surface area contributed by atoms with E-state index in [1.807, 2.05) is 0 Å². The number of rotatable bonds is 2. The highest BCUT2D eigenvalue weighted by Gasteiger charge is 2.34. The number of aliphatic hydroxyl groups is 1. The number of fused-ring (bicyclic) bond motifs is 1. The number of hydrogen-bond donors (Lipinski definition) is 1. The van der Waals surface area contributed by atoms with Crippen LogP contribution in [0.2, 0.25) is 0 Å². The third-order valence-electron chi connectivity index (χ3n) is 4.10. The van der Waals surface area contributed by atoms with Crippen LogP contribution in [0.1, 0.15) is 64.7 Å². The van der Waals surface area contributed by atoms with E-state index < -0.39 is 11.9 Å². The first-order chi connectivity index (χ1) is 10.6. The SMILES string of the molecule is CCOC(=O)/C1=C2/OC(=O)C(O)=C2CCCCCCCCC1. The van der Waals surface area contributed by atoms with Gasteiger partial charge in [0, 0.05) is 5.57 Å². The molecule has 1 aliphatic carbocycles. The van der Waals surface area contributed by atoms with Gasteiger partial charge in [-0.15, -0.1) is 0 Å². The number of carbonyl (C=O) groups is 2. The molecule has 1 heterocycles. The summed E-state index contributed by atoms with van der Waals surface area (Å²) in [6.07, 6.45) is 8.37. The van der Waals surface area contributed by atoms with E-state index in [1.54, 1.807) is 6.92 Å². The summed E-state index contributed by atoms with van der Waals surface area (Å²) < 4.78 is 10.3. The predicted octanol–water partition coefficient (Wildman–Crippen LogP) is 3.70. The summed E-state index contributed by atoms with van der Waals surface area (Å²) in [6, 6.07) is 0. The van der Waals surface area contributed by atoms with Crippen molar-refractivity contribution in [2.45, 2.75) is 64.7 Å². The van der Waals surface area contributed by atoms with Crippen LogP contribution < -0.4 is 0 Å². The molecule has 22 heavy (non-hydrogen) atoms. The molecule has 0 bridgehead atoms. The predicted molar refractivity (Wildman–Crippen MR) is 81.0 cm³/mol. The fraction of sp³-hybridized carbons (Fsp3) is 0.647. The first kappa shape index (κ1) is 16.6. The van der Waals surface area contributed by atoms with Crippen molar-refractivity contribution in [2.24, 2.45) is 0 Å². The molecule has 5 heteroatoms. The van der Waals surface area contributed by atoms with Gasteiger partial charge in [-0.3, -0.25) is 0 Å². The summed E-state index contributed by atoms with van der Waals surface area (Å²) in [5.74, 6) is -1.33. The Morgan fingerprint density at radius 2 is 1.68 bits per heavy atom. The quantitative estimate of drug-likeness (QED) is 0.787. The molecule has 0 aromatic heterocycles. The lowest BCUT2D eigenvalue weighted by molar-refractivity contribution is -0.139. The van der Waals surface area contributed by atoms with Crippen LogP contribution in [-0.4, -0.2) is 23.7 Å². The molecule has 1 N–H and O–H groups in total. The average molecular weight is 308 g/mol. The van der Waals surface area contributed by atoms with Crippen LogP contribution in [0.5, 0.6) is 0 Å². The summed E-state index contributed by atoms with van der Waals surface area (Å²) in [5, 5.41) is 9.95. The highest BCUT2D eigenvalue weighted by Crippen LogP contribution is 2.34. The first-order valence-corrected chi connectivity index (χ1v) is 8.20. The van der Waals surface area contributed by atoms with Crippen molar-refractivity contribution in [3.63, 3.8) is 0 Å². The van der Waals surface area contributed by atoms with E-state index >= 15 is 0 Å². The second kappa shape index (κ2) is 8.01. The van der Waals surface area contributed by atoms with Gasteiger partial charge in [-0.2, -0.15) is 0 Å². The zero-order valence-electron chi connectivity index (χ0n) is 13.2. The Morgan fingerprint density at radius 3 is 2.32 bits per heavy atom. The number of carbonyl (C=O) groups excluding carboxylic acids is 2. The third kappa shape index (κ3) is 3.90. The van der Waals surface area contributed by atoms with E-state index in [2.05, 4.69) is 0 Å². The van der Waals surface area contributed by atoms with Gasteiger partial charge < -0.3 is 14.6 Å². The van der Waals surface area contributed by atoms with Crippen LogP contribution in [0.4, 0.5) is 0 Å². The van der Waals surface area contributed by atoms with Crippen LogP contribution in [0, 0.1) is 0 Å². The molecule has 0 fully saturated rings. The van der Waals surface area contributed by atoms with Gasteiger partial charge in [-0.05, 0) is 32.6 Å². The monoisotopic (exact) mass is 308 g/mol. The lowest BCUT2D eigenvalue weighted by Crippen LogP contribution is -2.12. The van der Waals surface area contributed by atoms with E-state index in [4.69, 9.17) is 9.47 Å². The molecule has 122 valence electrons. The number of esters is 2. The molecular weight excluding hydrogens is 284 g/mol. The normalized spacial score (nSPS) is 24.1. The van der Waals surface area contributed by atoms with E-state index in [0.29, 0.717) is 24.0 Å². The van der Waals surface area contributed by atoms with Gasteiger partial charge in [-0.1, -0.05) is 32.1 Å². The number of ether oxygens (including phenoxy) is 2. The molecule has 2 rings (SSSR count). The zero-order chi connectivity index (χ0) is 15.9. The Labute approximate surface area is 131 Å². The molecular formula is C17H24O5. The third-order valence-corrected chi connectivity index (χ3v) is 4.10. The molecule has 0 spiro atoms. The van der Waals surface area contributed by atoms with Gasteiger partial charge >= 0.3 is 11.9 Å². The van der Waals surface area contributed by atoms with E-state index in [0.717, 1.165) is 38.5 Å². The van der Waals surface area contributed by atoms with Gasteiger partial charge in [-0.25, -0.2) is 9.59 Å². The lowest BCUT2D eigenvalue weighted by atomic mass is 9.96. The summed E-state index contributed by atoms with van der Waals surface area (Å²) in [6.45, 7) is 2.02. The summed E-state index contributed by atoms with van der Waals surface area (Å²) in [7, 11) is 0. The Kier molecular flexibility index (Phi) is 6.04. The fourth-order valence-electron chi connectivity index (χ4n) is 2.92. The van der Waals surface area contributed by atoms with Crippen LogP contribution in [-0.2, 0) is 19.1 Å². The van der Waals surface area contributed by atoms with Crippen LogP contribution in [0.25, 0.3) is 0 Å². The largest absolute Gasteiger partial charge is 0.502 e. The van der Waals surface area contributed by atoms with Crippen molar-refractivity contribution in [2.75, 3.05) is 6.61 Å². The summed E-state index contributed by atoms with van der Waals surface area (Å²) in [4.78, 5) is 23.9. The Balaban J connectivity index is 2.34. The minimum atomic E-state index is -0.762. The molecule has 0 radical (unpaired) electrons. The molecule has 2 aliphatic rings. The summed E-state index contributed by atoms with van der Waals surface area (Å²) >= 11 is 0. The van der Waals surface area contributed by atoms with Crippen molar-refractivity contribution in [3.8, 4) is 0 Å². The van der Waals surface area contributed by atoms with Gasteiger partial charge in [0.2, 0.25) is 5.76 Å². The van der Waals surface area contributed by atoms with Crippen molar-refractivity contribution in [1.29, 1.82) is 0 Å². The molecule has 0 amide bonds. The Hall–Kier alpha value is -1.78. The molecule has 0 saturated carbocycles. The minimum absolute atomic E-state index is 0.238. The Bertz CT molecular complexity index is 501. The maximum Gasteiger partial charge on any atom is 0.379 e. The average Bonchev–Trinajstić information content (AvgIpc) is 2.75. The highest BCUT2D eigenvalue weighted by atomic mass is 16.6. The highest BCUT2D eigenvalue weighted by molar-refractivity contribution is 5.96. The van der Waals surface area contributed by atoms with Crippen molar-refractivity contribution >= 4 is 11.9 Å². The Morgan fingerprint density at radius 1 is 1.09 bits per heavy atom. The van der Waals surface area contributed by atoms with Crippen LogP contribution >= 0.6 is 0 Å². The molecule has 0 aromatic carbocycles. The van der Waals surface area contributed by atoms with E-state index in [9.17, 15) is 14.7 Å². The second-order valence-corrected chi connectivity index (χ2v) is 5.72. The number of hydrogen-bond acceptors (Lipinski definition) is 5. The first-order valence-electron chi connectivity index (χ1n) is 8.20. The topological polar surface area (TPSA) is 72.8 Å². The van der Waals surface area contributed by atoms with Crippen LogP contribution in [0.3, 0.4) is 0 Å². The van der Waals surface area contributed by atoms with Crippen molar-refractivity contribution in [3.05, 3.63) is 22.7 Å². The molecule has 0 unspecified atom stereocenters. The fourth-order valence-corrected chi connectivity index (χ4v) is 2.92. The van der Waals surface area contributed by atoms with Crippen LogP contribution in [0.15, 0.2) is 22.7 Å². The molecule has 0 aromatic rings. The van der Waals surface area contributed by atoms with Gasteiger partial charge in [0.05, 0.1) is 12.2 Å². The van der Waals surface area contributed by atoms with Crippen molar-refractivity contribution < 1.29 is 24.2 Å². The molecule has 0 saturated heterocycles. The maximum atomic E-state index is 12.2. The van der Waals surface area contributed by atoms with Gasteiger partial charge in [0.25, 0.3) is 0 Å². The standard InChI is InChI=1S/C17H24O5/c1-2-21-16(19)13-11-9-7-5-3-4-6-8-10-12-14(18)17(20)22-15(12)13/h18H,2-11H2,1H3/b15-13+. The zero-order valence-corrected chi connectivity index (χ0v) is 13.2. The van der Waals surface area contributed by atoms with Gasteiger partial charge in [0.1, 0.15) is 5.76 Å². The number of allylic oxidation sites excluding steroid dienone is 1. The maximum absolute atomic E-state index is 12.2. The second-order valence-electron chi connectivity index (χ2n) is 5.72. The minimum Gasteiger partial charge on any atom is -0.502 e. The molecule has 0 atom stereocenters.